The van der Waals surface area contributed by atoms with Crippen molar-refractivity contribution >= 4 is 34.4 Å². The summed E-state index contributed by atoms with van der Waals surface area (Å²) in [5.74, 6) is 0.479. The second-order valence-corrected chi connectivity index (χ2v) is 9.55. The standard InChI is InChI=1S/C27H30N4O2S/c1-4-5-15-31-26(33)25-24(22(16-28-25)20-9-7-6-8-10-20)30-27(31)34-17-23(32)29-21-13-11-19(12-14-21)18(2)3/h6-14,16,18,28H,4-5,15,17H2,1-3H3,(H,29,32). The van der Waals surface area contributed by atoms with E-state index in [2.05, 4.69) is 31.1 Å². The first kappa shape index (κ1) is 23.8. The van der Waals surface area contributed by atoms with Crippen LogP contribution in [0.2, 0.25) is 0 Å². The van der Waals surface area contributed by atoms with Gasteiger partial charge in [0.25, 0.3) is 5.56 Å². The van der Waals surface area contributed by atoms with Crippen LogP contribution >= 0.6 is 11.8 Å². The molecule has 0 fully saturated rings. The molecule has 1 amide bonds. The SMILES string of the molecule is CCCCn1c(SCC(=O)Nc2ccc(C(C)C)cc2)nc2c(-c3ccccc3)c[nH]c2c1=O. The Kier molecular flexibility index (Phi) is 7.53. The van der Waals surface area contributed by atoms with Gasteiger partial charge < -0.3 is 10.3 Å². The zero-order valence-electron chi connectivity index (χ0n) is 19.8. The molecule has 0 saturated heterocycles. The van der Waals surface area contributed by atoms with Crippen molar-refractivity contribution in [1.82, 2.24) is 14.5 Å². The highest BCUT2D eigenvalue weighted by atomic mass is 32.2. The number of benzene rings is 2. The third-order valence-electron chi connectivity index (χ3n) is 5.76. The van der Waals surface area contributed by atoms with Gasteiger partial charge in [-0.05, 0) is 35.6 Å². The van der Waals surface area contributed by atoms with Crippen LogP contribution in [0.1, 0.15) is 45.1 Å². The summed E-state index contributed by atoms with van der Waals surface area (Å²) in [4.78, 5) is 33.9. The van der Waals surface area contributed by atoms with Gasteiger partial charge in [0.05, 0.1) is 5.75 Å². The van der Waals surface area contributed by atoms with Crippen LogP contribution in [0.25, 0.3) is 22.2 Å². The highest BCUT2D eigenvalue weighted by molar-refractivity contribution is 7.99. The third kappa shape index (κ3) is 5.25. The maximum Gasteiger partial charge on any atom is 0.278 e. The number of unbranched alkanes of at least 4 members (excludes halogenated alkanes) is 1. The number of hydrogen-bond donors (Lipinski definition) is 2. The quantitative estimate of drug-likeness (QED) is 0.229. The van der Waals surface area contributed by atoms with Crippen molar-refractivity contribution in [2.24, 2.45) is 0 Å². The van der Waals surface area contributed by atoms with E-state index in [1.54, 1.807) is 4.57 Å². The second-order valence-electron chi connectivity index (χ2n) is 8.61. The van der Waals surface area contributed by atoms with Gasteiger partial charge in [0.2, 0.25) is 5.91 Å². The predicted octanol–water partition coefficient (Wildman–Crippen LogP) is 6.05. The Hall–Kier alpha value is -3.32. The maximum absolute atomic E-state index is 13.3. The van der Waals surface area contributed by atoms with Crippen molar-refractivity contribution in [2.45, 2.75) is 51.2 Å². The Morgan fingerprint density at radius 1 is 1.12 bits per heavy atom. The minimum Gasteiger partial charge on any atom is -0.355 e. The highest BCUT2D eigenvalue weighted by Gasteiger charge is 2.17. The summed E-state index contributed by atoms with van der Waals surface area (Å²) in [6.07, 6.45) is 3.66. The number of carbonyl (C=O) groups excluding carboxylic acids is 1. The first-order valence-corrected chi connectivity index (χ1v) is 12.7. The average molecular weight is 475 g/mol. The summed E-state index contributed by atoms with van der Waals surface area (Å²) in [5, 5.41) is 3.51. The number of H-pyrrole nitrogens is 1. The van der Waals surface area contributed by atoms with Gasteiger partial charge in [0.15, 0.2) is 5.16 Å². The number of carbonyl (C=O) groups is 1. The Morgan fingerprint density at radius 2 is 1.85 bits per heavy atom. The van der Waals surface area contributed by atoms with Gasteiger partial charge in [0, 0.05) is 24.0 Å². The van der Waals surface area contributed by atoms with E-state index in [4.69, 9.17) is 4.98 Å². The first-order chi connectivity index (χ1) is 16.5. The van der Waals surface area contributed by atoms with Crippen molar-refractivity contribution in [2.75, 3.05) is 11.1 Å². The fourth-order valence-corrected chi connectivity index (χ4v) is 4.63. The lowest BCUT2D eigenvalue weighted by Crippen LogP contribution is -2.24. The van der Waals surface area contributed by atoms with Gasteiger partial charge in [-0.25, -0.2) is 4.98 Å². The molecule has 7 heteroatoms. The molecule has 0 aliphatic heterocycles. The minimum absolute atomic E-state index is 0.104. The summed E-state index contributed by atoms with van der Waals surface area (Å²) in [6.45, 7) is 6.93. The fraction of sp³-hybridized carbons (Fsp3) is 0.296. The zero-order valence-corrected chi connectivity index (χ0v) is 20.6. The molecule has 0 saturated carbocycles. The van der Waals surface area contributed by atoms with Crippen molar-refractivity contribution in [1.29, 1.82) is 0 Å². The summed E-state index contributed by atoms with van der Waals surface area (Å²) >= 11 is 1.30. The van der Waals surface area contributed by atoms with Crippen LogP contribution in [0.15, 0.2) is 70.7 Å². The van der Waals surface area contributed by atoms with Crippen LogP contribution < -0.4 is 10.9 Å². The van der Waals surface area contributed by atoms with Crippen molar-refractivity contribution in [3.63, 3.8) is 0 Å². The predicted molar refractivity (Wildman–Crippen MR) is 141 cm³/mol. The lowest BCUT2D eigenvalue weighted by atomic mass is 10.0. The second kappa shape index (κ2) is 10.7. The Labute approximate surface area is 203 Å². The average Bonchev–Trinajstić information content (AvgIpc) is 3.27. The number of hydrogen-bond acceptors (Lipinski definition) is 4. The van der Waals surface area contributed by atoms with Gasteiger partial charge in [-0.3, -0.25) is 14.2 Å². The van der Waals surface area contributed by atoms with E-state index < -0.39 is 0 Å². The first-order valence-electron chi connectivity index (χ1n) is 11.7. The molecule has 2 N–H and O–H groups in total. The molecule has 2 aromatic carbocycles. The fourth-order valence-electron chi connectivity index (χ4n) is 3.81. The van der Waals surface area contributed by atoms with E-state index in [1.165, 1.54) is 17.3 Å². The molecule has 6 nitrogen and oxygen atoms in total. The van der Waals surface area contributed by atoms with Gasteiger partial charge in [-0.2, -0.15) is 0 Å². The molecule has 2 heterocycles. The van der Waals surface area contributed by atoms with Crippen LogP contribution in [0.3, 0.4) is 0 Å². The minimum atomic E-state index is -0.129. The Bertz CT molecular complexity index is 1320. The van der Waals surface area contributed by atoms with E-state index in [1.807, 2.05) is 60.8 Å². The molecular formula is C27H30N4O2S. The van der Waals surface area contributed by atoms with Crippen LogP contribution in [-0.4, -0.2) is 26.2 Å². The molecule has 34 heavy (non-hydrogen) atoms. The monoisotopic (exact) mass is 474 g/mol. The molecule has 176 valence electrons. The number of nitrogens with zero attached hydrogens (tertiary/aromatic N) is 2. The molecule has 0 spiro atoms. The molecule has 2 aromatic heterocycles. The van der Waals surface area contributed by atoms with Gasteiger partial charge in [-0.1, -0.05) is 81.4 Å². The molecular weight excluding hydrogens is 444 g/mol. The van der Waals surface area contributed by atoms with Crippen LogP contribution in [0, 0.1) is 0 Å². The van der Waals surface area contributed by atoms with E-state index in [-0.39, 0.29) is 17.2 Å². The van der Waals surface area contributed by atoms with E-state index in [0.717, 1.165) is 29.7 Å². The number of thioether (sulfide) groups is 1. The molecule has 0 aliphatic carbocycles. The van der Waals surface area contributed by atoms with Crippen molar-refractivity contribution in [3.05, 3.63) is 76.7 Å². The van der Waals surface area contributed by atoms with Crippen LogP contribution in [0.4, 0.5) is 5.69 Å². The summed E-state index contributed by atoms with van der Waals surface area (Å²) < 4.78 is 1.69. The van der Waals surface area contributed by atoms with Crippen LogP contribution in [0.5, 0.6) is 0 Å². The normalized spacial score (nSPS) is 11.3. The zero-order chi connectivity index (χ0) is 24.1. The number of nitrogens with one attached hydrogen (secondary N) is 2. The number of aromatic nitrogens is 3. The Morgan fingerprint density at radius 3 is 2.53 bits per heavy atom. The number of amides is 1. The van der Waals surface area contributed by atoms with Crippen molar-refractivity contribution in [3.8, 4) is 11.1 Å². The largest absolute Gasteiger partial charge is 0.355 e. The van der Waals surface area contributed by atoms with Crippen LogP contribution in [-0.2, 0) is 11.3 Å². The molecule has 0 bridgehead atoms. The summed E-state index contributed by atoms with van der Waals surface area (Å²) in [5.41, 5.74) is 4.89. The number of rotatable bonds is 9. The highest BCUT2D eigenvalue weighted by Crippen LogP contribution is 2.28. The number of anilines is 1. The molecule has 4 rings (SSSR count). The lowest BCUT2D eigenvalue weighted by Gasteiger charge is -2.12. The summed E-state index contributed by atoms with van der Waals surface area (Å²) in [6, 6.07) is 17.8. The summed E-state index contributed by atoms with van der Waals surface area (Å²) in [7, 11) is 0. The smallest absolute Gasteiger partial charge is 0.278 e. The lowest BCUT2D eigenvalue weighted by molar-refractivity contribution is -0.113. The molecule has 0 atom stereocenters. The van der Waals surface area contributed by atoms with E-state index in [0.29, 0.717) is 28.7 Å². The molecule has 0 aliphatic rings. The van der Waals surface area contributed by atoms with Gasteiger partial charge >= 0.3 is 0 Å². The van der Waals surface area contributed by atoms with Gasteiger partial charge in [0.1, 0.15) is 11.0 Å². The maximum atomic E-state index is 13.3. The molecule has 0 unspecified atom stereocenters. The topological polar surface area (TPSA) is 79.8 Å². The van der Waals surface area contributed by atoms with E-state index >= 15 is 0 Å². The number of aromatic amines is 1. The van der Waals surface area contributed by atoms with Gasteiger partial charge in [-0.15, -0.1) is 0 Å². The number of fused-ring (bicyclic) bond motifs is 1. The van der Waals surface area contributed by atoms with E-state index in [9.17, 15) is 9.59 Å². The molecule has 0 radical (unpaired) electrons. The molecule has 4 aromatic rings. The third-order valence-corrected chi connectivity index (χ3v) is 6.74. The van der Waals surface area contributed by atoms with Crippen molar-refractivity contribution < 1.29 is 4.79 Å². The Balaban J connectivity index is 1.59.